The molecule has 17 heavy (non-hydrogen) atoms. The summed E-state index contributed by atoms with van der Waals surface area (Å²) in [5.74, 6) is 2.17. The Morgan fingerprint density at radius 1 is 1.41 bits per heavy atom. The van der Waals surface area contributed by atoms with Gasteiger partial charge in [-0.25, -0.2) is 0 Å². The van der Waals surface area contributed by atoms with E-state index in [1.54, 1.807) is 6.07 Å². The Hall–Kier alpha value is -1.10. The van der Waals surface area contributed by atoms with Gasteiger partial charge in [-0.3, -0.25) is 4.79 Å². The van der Waals surface area contributed by atoms with Crippen LogP contribution in [0.1, 0.15) is 30.4 Å². The minimum absolute atomic E-state index is 0.107. The maximum Gasteiger partial charge on any atom is 0.270 e. The van der Waals surface area contributed by atoms with Gasteiger partial charge in [0.2, 0.25) is 0 Å². The lowest BCUT2D eigenvalue weighted by Crippen LogP contribution is -2.38. The number of hydrogen-bond donors (Lipinski definition) is 1. The van der Waals surface area contributed by atoms with E-state index in [1.165, 1.54) is 0 Å². The third-order valence-electron chi connectivity index (χ3n) is 2.94. The normalized spacial score (nSPS) is 16.5. The van der Waals surface area contributed by atoms with Crippen molar-refractivity contribution in [2.24, 2.45) is 0 Å². The summed E-state index contributed by atoms with van der Waals surface area (Å²) in [6, 6.07) is 2.04. The second kappa shape index (κ2) is 5.04. The zero-order valence-electron chi connectivity index (χ0n) is 10.3. The van der Waals surface area contributed by atoms with Gasteiger partial charge in [0.1, 0.15) is 5.69 Å². The van der Waals surface area contributed by atoms with Crippen molar-refractivity contribution in [3.8, 4) is 0 Å². The Morgan fingerprint density at radius 2 is 2.06 bits per heavy atom. The van der Waals surface area contributed by atoms with Crippen molar-refractivity contribution in [1.29, 1.82) is 0 Å². The maximum atomic E-state index is 12.4. The number of anilines is 1. The number of amides is 1. The van der Waals surface area contributed by atoms with Crippen LogP contribution in [0.3, 0.4) is 0 Å². The average Bonchev–Trinajstić information content (AvgIpc) is 2.72. The van der Waals surface area contributed by atoms with Gasteiger partial charge in [-0.15, -0.1) is 0 Å². The Kier molecular flexibility index (Phi) is 3.66. The van der Waals surface area contributed by atoms with Crippen molar-refractivity contribution in [3.05, 3.63) is 18.0 Å². The number of nitrogen functional groups attached to an aromatic ring is 1. The van der Waals surface area contributed by atoms with Gasteiger partial charge in [-0.05, 0) is 19.9 Å². The minimum atomic E-state index is 0.107. The molecule has 0 saturated carbocycles. The van der Waals surface area contributed by atoms with Gasteiger partial charge in [0.15, 0.2) is 0 Å². The molecule has 1 aliphatic heterocycles. The number of aromatic nitrogens is 1. The summed E-state index contributed by atoms with van der Waals surface area (Å²) in [6.07, 6.45) is 1.84. The molecule has 1 saturated heterocycles. The fourth-order valence-electron chi connectivity index (χ4n) is 2.03. The largest absolute Gasteiger partial charge is 0.397 e. The summed E-state index contributed by atoms with van der Waals surface area (Å²) in [6.45, 7) is 5.80. The van der Waals surface area contributed by atoms with Crippen LogP contribution >= 0.6 is 11.8 Å². The van der Waals surface area contributed by atoms with E-state index >= 15 is 0 Å². The summed E-state index contributed by atoms with van der Waals surface area (Å²) >= 11 is 1.90. The second-order valence-electron chi connectivity index (χ2n) is 4.56. The summed E-state index contributed by atoms with van der Waals surface area (Å²) in [5.41, 5.74) is 7.16. The molecule has 0 aliphatic carbocycles. The Labute approximate surface area is 106 Å². The first-order chi connectivity index (χ1) is 8.09. The number of carbonyl (C=O) groups is 1. The van der Waals surface area contributed by atoms with Gasteiger partial charge < -0.3 is 15.2 Å². The number of rotatable bonds is 2. The lowest BCUT2D eigenvalue weighted by molar-refractivity contribution is 0.0760. The molecule has 0 unspecified atom stereocenters. The first kappa shape index (κ1) is 12.4. The fourth-order valence-corrected chi connectivity index (χ4v) is 2.93. The number of nitrogens with two attached hydrogens (primary N) is 1. The monoisotopic (exact) mass is 253 g/mol. The number of carbonyl (C=O) groups excluding carboxylic acids is 1. The smallest absolute Gasteiger partial charge is 0.270 e. The Balaban J connectivity index is 2.23. The van der Waals surface area contributed by atoms with Crippen LogP contribution in [0.4, 0.5) is 5.69 Å². The highest BCUT2D eigenvalue weighted by Gasteiger charge is 2.22. The molecule has 94 valence electrons. The van der Waals surface area contributed by atoms with Crippen molar-refractivity contribution in [2.75, 3.05) is 30.3 Å². The van der Waals surface area contributed by atoms with Crippen LogP contribution in [0.2, 0.25) is 0 Å². The molecule has 1 fully saturated rings. The van der Waals surface area contributed by atoms with Crippen molar-refractivity contribution in [3.63, 3.8) is 0 Å². The summed E-state index contributed by atoms with van der Waals surface area (Å²) in [4.78, 5) is 14.3. The first-order valence-electron chi connectivity index (χ1n) is 5.94. The predicted molar refractivity (Wildman–Crippen MR) is 72.5 cm³/mol. The summed E-state index contributed by atoms with van der Waals surface area (Å²) in [7, 11) is 0. The highest BCUT2D eigenvalue weighted by Crippen LogP contribution is 2.20. The van der Waals surface area contributed by atoms with Gasteiger partial charge in [0, 0.05) is 36.8 Å². The third kappa shape index (κ3) is 2.60. The minimum Gasteiger partial charge on any atom is -0.397 e. The number of hydrogen-bond acceptors (Lipinski definition) is 3. The summed E-state index contributed by atoms with van der Waals surface area (Å²) < 4.78 is 1.96. The molecule has 0 radical (unpaired) electrons. The van der Waals surface area contributed by atoms with Crippen molar-refractivity contribution in [1.82, 2.24) is 9.47 Å². The van der Waals surface area contributed by atoms with Crippen LogP contribution in [0.25, 0.3) is 0 Å². The van der Waals surface area contributed by atoms with E-state index in [0.29, 0.717) is 11.4 Å². The van der Waals surface area contributed by atoms with Crippen LogP contribution in [-0.2, 0) is 0 Å². The lowest BCUT2D eigenvalue weighted by atomic mass is 10.3. The Morgan fingerprint density at radius 3 is 2.65 bits per heavy atom. The SMILES string of the molecule is CC(C)n1cc(N)cc1C(=O)N1CCSCC1. The van der Waals surface area contributed by atoms with E-state index in [2.05, 4.69) is 13.8 Å². The van der Waals surface area contributed by atoms with E-state index in [0.717, 1.165) is 24.6 Å². The Bertz CT molecular complexity index is 408. The zero-order valence-corrected chi connectivity index (χ0v) is 11.2. The van der Waals surface area contributed by atoms with Crippen LogP contribution < -0.4 is 5.73 Å². The molecule has 1 aromatic rings. The number of thioether (sulfide) groups is 1. The molecular weight excluding hydrogens is 234 g/mol. The van der Waals surface area contributed by atoms with Crippen molar-refractivity contribution < 1.29 is 4.79 Å². The van der Waals surface area contributed by atoms with Crippen LogP contribution in [0.15, 0.2) is 12.3 Å². The molecule has 0 bridgehead atoms. The number of nitrogens with zero attached hydrogens (tertiary/aromatic N) is 2. The van der Waals surface area contributed by atoms with Gasteiger partial charge in [0.05, 0.1) is 5.69 Å². The quantitative estimate of drug-likeness (QED) is 0.875. The maximum absolute atomic E-state index is 12.4. The molecule has 0 atom stereocenters. The molecule has 0 aromatic carbocycles. The predicted octanol–water partition coefficient (Wildman–Crippen LogP) is 1.84. The van der Waals surface area contributed by atoms with Gasteiger partial charge in [-0.2, -0.15) is 11.8 Å². The molecule has 1 aromatic heterocycles. The molecule has 5 heteroatoms. The standard InChI is InChI=1S/C12H19N3OS/c1-9(2)15-8-10(13)7-11(15)12(16)14-3-5-17-6-4-14/h7-9H,3-6,13H2,1-2H3. The van der Waals surface area contributed by atoms with Crippen LogP contribution in [0, 0.1) is 0 Å². The van der Waals surface area contributed by atoms with Crippen molar-refractivity contribution in [2.45, 2.75) is 19.9 Å². The fraction of sp³-hybridized carbons (Fsp3) is 0.583. The van der Waals surface area contributed by atoms with E-state index in [-0.39, 0.29) is 11.9 Å². The molecule has 2 heterocycles. The van der Waals surface area contributed by atoms with Gasteiger partial charge >= 0.3 is 0 Å². The molecular formula is C12H19N3OS. The molecule has 4 nitrogen and oxygen atoms in total. The second-order valence-corrected chi connectivity index (χ2v) is 5.79. The molecule has 2 N–H and O–H groups in total. The van der Waals surface area contributed by atoms with E-state index < -0.39 is 0 Å². The van der Waals surface area contributed by atoms with Gasteiger partial charge in [0.25, 0.3) is 5.91 Å². The van der Waals surface area contributed by atoms with Crippen LogP contribution in [-0.4, -0.2) is 40.0 Å². The molecule has 2 rings (SSSR count). The molecule has 1 amide bonds. The summed E-state index contributed by atoms with van der Waals surface area (Å²) in [5, 5.41) is 0. The van der Waals surface area contributed by atoms with E-state index in [9.17, 15) is 4.79 Å². The van der Waals surface area contributed by atoms with Crippen molar-refractivity contribution >= 4 is 23.4 Å². The highest BCUT2D eigenvalue weighted by atomic mass is 32.2. The third-order valence-corrected chi connectivity index (χ3v) is 3.89. The lowest BCUT2D eigenvalue weighted by Gasteiger charge is -2.27. The molecule has 1 aliphatic rings. The zero-order chi connectivity index (χ0) is 12.4. The van der Waals surface area contributed by atoms with E-state index in [4.69, 9.17) is 5.73 Å². The first-order valence-corrected chi connectivity index (χ1v) is 7.09. The van der Waals surface area contributed by atoms with E-state index in [1.807, 2.05) is 27.4 Å². The molecule has 0 spiro atoms. The average molecular weight is 253 g/mol. The highest BCUT2D eigenvalue weighted by molar-refractivity contribution is 7.99. The topological polar surface area (TPSA) is 51.3 Å². The van der Waals surface area contributed by atoms with Crippen LogP contribution in [0.5, 0.6) is 0 Å². The van der Waals surface area contributed by atoms with Gasteiger partial charge in [-0.1, -0.05) is 0 Å².